The number of hydrogen-bond donors (Lipinski definition) is 2. The summed E-state index contributed by atoms with van der Waals surface area (Å²) in [7, 11) is -4.00. The number of piperazine rings is 1. The number of sulfonamides is 1. The summed E-state index contributed by atoms with van der Waals surface area (Å²) in [5.41, 5.74) is 1.49. The SMILES string of the molecule is Cc1cc(C)c(S(=O)(=O)N2CC(C)(C)NC(=O)C2CC(=O)NCCCCCCCCl)c(C)c1. The van der Waals surface area contributed by atoms with Crippen molar-refractivity contribution in [1.29, 1.82) is 0 Å². The van der Waals surface area contributed by atoms with E-state index in [-0.39, 0.29) is 23.8 Å². The zero-order chi connectivity index (χ0) is 24.8. The highest BCUT2D eigenvalue weighted by molar-refractivity contribution is 7.89. The quantitative estimate of drug-likeness (QED) is 0.359. The fourth-order valence-corrected chi connectivity index (χ4v) is 6.80. The molecule has 2 amide bonds. The molecule has 0 saturated carbocycles. The lowest BCUT2D eigenvalue weighted by Gasteiger charge is -2.42. The van der Waals surface area contributed by atoms with Gasteiger partial charge in [-0.1, -0.05) is 37.0 Å². The van der Waals surface area contributed by atoms with E-state index in [0.717, 1.165) is 37.7 Å². The Morgan fingerprint density at radius 1 is 1.12 bits per heavy atom. The lowest BCUT2D eigenvalue weighted by Crippen LogP contribution is -2.66. The maximum absolute atomic E-state index is 13.8. The van der Waals surface area contributed by atoms with E-state index in [1.807, 2.05) is 19.1 Å². The number of carbonyl (C=O) groups is 2. The van der Waals surface area contributed by atoms with Crippen molar-refractivity contribution in [2.75, 3.05) is 19.0 Å². The van der Waals surface area contributed by atoms with Gasteiger partial charge in [-0.3, -0.25) is 9.59 Å². The van der Waals surface area contributed by atoms with Gasteiger partial charge in [-0.05, 0) is 58.6 Å². The maximum atomic E-state index is 13.8. The molecule has 7 nitrogen and oxygen atoms in total. The van der Waals surface area contributed by atoms with Crippen molar-refractivity contribution in [1.82, 2.24) is 14.9 Å². The van der Waals surface area contributed by atoms with Crippen molar-refractivity contribution in [3.8, 4) is 0 Å². The van der Waals surface area contributed by atoms with Crippen LogP contribution in [0.5, 0.6) is 0 Å². The van der Waals surface area contributed by atoms with Crippen molar-refractivity contribution < 1.29 is 18.0 Å². The monoisotopic (exact) mass is 499 g/mol. The van der Waals surface area contributed by atoms with Gasteiger partial charge in [0.2, 0.25) is 21.8 Å². The molecule has 1 heterocycles. The second-order valence-corrected chi connectivity index (χ2v) is 11.9. The molecule has 2 N–H and O–H groups in total. The highest BCUT2D eigenvalue weighted by Crippen LogP contribution is 2.30. The first-order chi connectivity index (χ1) is 15.4. The molecule has 1 aliphatic rings. The Hall–Kier alpha value is -1.64. The maximum Gasteiger partial charge on any atom is 0.244 e. The summed E-state index contributed by atoms with van der Waals surface area (Å²) in [5, 5.41) is 5.70. The van der Waals surface area contributed by atoms with Crippen LogP contribution in [-0.4, -0.2) is 55.1 Å². The molecule has 1 aromatic carbocycles. The number of rotatable bonds is 11. The second kappa shape index (κ2) is 11.7. The molecule has 0 radical (unpaired) electrons. The molecule has 1 fully saturated rings. The van der Waals surface area contributed by atoms with Gasteiger partial charge in [0.25, 0.3) is 0 Å². The van der Waals surface area contributed by atoms with Gasteiger partial charge in [-0.2, -0.15) is 4.31 Å². The van der Waals surface area contributed by atoms with E-state index in [4.69, 9.17) is 11.6 Å². The Labute approximate surface area is 203 Å². The number of hydrogen-bond acceptors (Lipinski definition) is 4. The number of halogens is 1. The third-order valence-electron chi connectivity index (χ3n) is 5.85. The molecule has 1 saturated heterocycles. The number of benzene rings is 1. The molecule has 1 aliphatic heterocycles. The van der Waals surface area contributed by atoms with Gasteiger partial charge in [0, 0.05) is 24.5 Å². The van der Waals surface area contributed by atoms with Crippen molar-refractivity contribution in [3.05, 3.63) is 28.8 Å². The number of nitrogens with zero attached hydrogens (tertiary/aromatic N) is 1. The Morgan fingerprint density at radius 3 is 2.30 bits per heavy atom. The first-order valence-electron chi connectivity index (χ1n) is 11.6. The van der Waals surface area contributed by atoms with Crippen LogP contribution >= 0.6 is 11.6 Å². The van der Waals surface area contributed by atoms with Crippen molar-refractivity contribution >= 4 is 33.4 Å². The van der Waals surface area contributed by atoms with Crippen molar-refractivity contribution in [2.24, 2.45) is 0 Å². The van der Waals surface area contributed by atoms with Crippen LogP contribution in [-0.2, 0) is 19.6 Å². The third kappa shape index (κ3) is 7.42. The van der Waals surface area contributed by atoms with Gasteiger partial charge in [0.15, 0.2) is 0 Å². The smallest absolute Gasteiger partial charge is 0.244 e. The van der Waals surface area contributed by atoms with Crippen LogP contribution in [0.1, 0.15) is 69.1 Å². The van der Waals surface area contributed by atoms with Crippen LogP contribution in [0.25, 0.3) is 0 Å². The fourth-order valence-electron chi connectivity index (χ4n) is 4.45. The van der Waals surface area contributed by atoms with Crippen LogP contribution in [0, 0.1) is 20.8 Å². The van der Waals surface area contributed by atoms with Gasteiger partial charge < -0.3 is 10.6 Å². The topological polar surface area (TPSA) is 95.6 Å². The molecule has 0 spiro atoms. The number of amides is 2. The number of aryl methyl sites for hydroxylation is 3. The average molecular weight is 500 g/mol. The minimum Gasteiger partial charge on any atom is -0.356 e. The van der Waals surface area contributed by atoms with Crippen LogP contribution in [0.3, 0.4) is 0 Å². The van der Waals surface area contributed by atoms with E-state index in [2.05, 4.69) is 10.6 Å². The molecule has 0 aliphatic carbocycles. The molecule has 186 valence electrons. The Morgan fingerprint density at radius 2 is 1.70 bits per heavy atom. The van der Waals surface area contributed by atoms with Gasteiger partial charge in [-0.25, -0.2) is 8.42 Å². The highest BCUT2D eigenvalue weighted by Gasteiger charge is 2.46. The molecular weight excluding hydrogens is 462 g/mol. The Bertz CT molecular complexity index is 939. The van der Waals surface area contributed by atoms with E-state index in [0.29, 0.717) is 23.6 Å². The molecule has 2 rings (SSSR count). The van der Waals surface area contributed by atoms with Crippen LogP contribution < -0.4 is 10.6 Å². The molecule has 9 heteroatoms. The summed E-state index contributed by atoms with van der Waals surface area (Å²) >= 11 is 5.68. The normalized spacial score (nSPS) is 18.7. The van der Waals surface area contributed by atoms with Gasteiger partial charge in [-0.15, -0.1) is 11.6 Å². The summed E-state index contributed by atoms with van der Waals surface area (Å²) in [5.74, 6) is -0.112. The van der Waals surface area contributed by atoms with Crippen LogP contribution in [0.2, 0.25) is 0 Å². The van der Waals surface area contributed by atoms with Gasteiger partial charge >= 0.3 is 0 Å². The number of unbranched alkanes of at least 4 members (excludes halogenated alkanes) is 4. The second-order valence-electron chi connectivity index (χ2n) is 9.68. The average Bonchev–Trinajstić information content (AvgIpc) is 2.67. The largest absolute Gasteiger partial charge is 0.356 e. The molecule has 0 bridgehead atoms. The van der Waals surface area contributed by atoms with E-state index < -0.39 is 27.5 Å². The molecule has 1 aromatic rings. The molecule has 0 aromatic heterocycles. The summed E-state index contributed by atoms with van der Waals surface area (Å²) in [4.78, 5) is 25.7. The van der Waals surface area contributed by atoms with E-state index in [1.54, 1.807) is 27.7 Å². The predicted molar refractivity (Wildman–Crippen MR) is 132 cm³/mol. The zero-order valence-corrected chi connectivity index (χ0v) is 22.0. The summed E-state index contributed by atoms with van der Waals surface area (Å²) in [6.45, 7) is 9.59. The highest BCUT2D eigenvalue weighted by atomic mass is 35.5. The zero-order valence-electron chi connectivity index (χ0n) is 20.5. The van der Waals surface area contributed by atoms with E-state index in [1.165, 1.54) is 4.31 Å². The van der Waals surface area contributed by atoms with Crippen LogP contribution in [0.15, 0.2) is 17.0 Å². The lowest BCUT2D eigenvalue weighted by molar-refractivity contribution is -0.134. The van der Waals surface area contributed by atoms with Crippen LogP contribution in [0.4, 0.5) is 0 Å². The minimum atomic E-state index is -4.00. The third-order valence-corrected chi connectivity index (χ3v) is 8.27. The number of carbonyl (C=O) groups excluding carboxylic acids is 2. The van der Waals surface area contributed by atoms with E-state index >= 15 is 0 Å². The molecule has 1 atom stereocenters. The van der Waals surface area contributed by atoms with E-state index in [9.17, 15) is 18.0 Å². The lowest BCUT2D eigenvalue weighted by atomic mass is 9.99. The Balaban J connectivity index is 2.17. The Kier molecular flexibility index (Phi) is 9.76. The van der Waals surface area contributed by atoms with Gasteiger partial charge in [0.05, 0.1) is 11.3 Å². The molecule has 1 unspecified atom stereocenters. The van der Waals surface area contributed by atoms with Crippen molar-refractivity contribution in [2.45, 2.75) is 89.6 Å². The number of alkyl halides is 1. The first-order valence-corrected chi connectivity index (χ1v) is 13.6. The standard InChI is InChI=1S/C24H38ClN3O4S/c1-17-13-18(2)22(19(3)14-17)33(31,32)28-16-24(4,5)27-23(30)20(28)15-21(29)26-12-10-8-6-7-9-11-25/h13-14,20H,6-12,15-16H2,1-5H3,(H,26,29)(H,27,30). The summed E-state index contributed by atoms with van der Waals surface area (Å²) < 4.78 is 28.7. The molecule has 33 heavy (non-hydrogen) atoms. The molecular formula is C24H38ClN3O4S. The minimum absolute atomic E-state index is 0.0896. The number of nitrogens with one attached hydrogen (secondary N) is 2. The van der Waals surface area contributed by atoms with Gasteiger partial charge in [0.1, 0.15) is 6.04 Å². The fraction of sp³-hybridized carbons (Fsp3) is 0.667. The summed E-state index contributed by atoms with van der Waals surface area (Å²) in [6.07, 6.45) is 4.73. The summed E-state index contributed by atoms with van der Waals surface area (Å²) in [6, 6.07) is 2.56. The predicted octanol–water partition coefficient (Wildman–Crippen LogP) is 3.58. The van der Waals surface area contributed by atoms with Crippen molar-refractivity contribution in [3.63, 3.8) is 0 Å². The first kappa shape index (κ1) is 27.6.